The number of nitrogens with two attached hydrogens (primary N) is 1. The van der Waals surface area contributed by atoms with Crippen LogP contribution in [0.4, 0.5) is 5.13 Å². The fourth-order valence-electron chi connectivity index (χ4n) is 4.24. The number of amides is 2. The molecule has 0 unspecified atom stereocenters. The number of anilines is 1. The molecule has 2 atom stereocenters. The third kappa shape index (κ3) is 4.44. The fourth-order valence-corrected chi connectivity index (χ4v) is 6.12. The number of carbonyl (C=O) groups is 3. The van der Waals surface area contributed by atoms with E-state index in [0.717, 1.165) is 21.9 Å². The van der Waals surface area contributed by atoms with Gasteiger partial charge in [-0.1, -0.05) is 5.16 Å². The monoisotopic (exact) mass is 552 g/mol. The maximum absolute atomic E-state index is 13.1. The molecule has 194 valence electrons. The Morgan fingerprint density at radius 3 is 2.95 bits per heavy atom. The molecule has 13 nitrogen and oxygen atoms in total. The average Bonchev–Trinajstić information content (AvgIpc) is 3.52. The van der Waals surface area contributed by atoms with Gasteiger partial charge in [-0.3, -0.25) is 14.5 Å². The molecule has 1 saturated heterocycles. The third-order valence-corrected chi connectivity index (χ3v) is 7.95. The SMILES string of the molecule is CCO/N=C(\C(=O)N[C@@H]1C(=O)N2C(C(=O)[O-])=C(C[n+]3ccn4cc(C#N)ccc43)CS[C@@H]12)c1csc(N)n1. The number of hydrogen-bond acceptors (Lipinski definition) is 11. The zero-order valence-corrected chi connectivity index (χ0v) is 21.5. The van der Waals surface area contributed by atoms with Crippen molar-refractivity contribution >= 4 is 57.4 Å². The minimum absolute atomic E-state index is 0.139. The Balaban J connectivity index is 1.37. The van der Waals surface area contributed by atoms with Crippen molar-refractivity contribution in [1.82, 2.24) is 19.6 Å². The molecule has 0 bridgehead atoms. The van der Waals surface area contributed by atoms with Crippen molar-refractivity contribution in [2.45, 2.75) is 24.9 Å². The number of nitrogen functional groups attached to an aromatic ring is 1. The lowest BCUT2D eigenvalue weighted by Gasteiger charge is -2.50. The van der Waals surface area contributed by atoms with Crippen molar-refractivity contribution in [3.63, 3.8) is 0 Å². The number of fused-ring (bicyclic) bond motifs is 2. The van der Waals surface area contributed by atoms with Crippen LogP contribution in [-0.4, -0.2) is 61.6 Å². The average molecular weight is 553 g/mol. The minimum Gasteiger partial charge on any atom is -0.543 e. The van der Waals surface area contributed by atoms with E-state index in [4.69, 9.17) is 15.8 Å². The summed E-state index contributed by atoms with van der Waals surface area (Å²) in [7, 11) is 0. The first-order chi connectivity index (χ1) is 18.3. The molecule has 3 aromatic rings. The molecule has 2 aliphatic heterocycles. The first-order valence-corrected chi connectivity index (χ1v) is 13.3. The molecule has 15 heteroatoms. The normalized spacial score (nSPS) is 19.1. The lowest BCUT2D eigenvalue weighted by atomic mass is 10.0. The number of oxime groups is 1. The summed E-state index contributed by atoms with van der Waals surface area (Å²) >= 11 is 2.46. The summed E-state index contributed by atoms with van der Waals surface area (Å²) < 4.78 is 3.58. The third-order valence-electron chi connectivity index (χ3n) is 5.94. The van der Waals surface area contributed by atoms with Crippen molar-refractivity contribution < 1.29 is 28.9 Å². The molecule has 5 rings (SSSR count). The highest BCUT2D eigenvalue weighted by molar-refractivity contribution is 8.00. The smallest absolute Gasteiger partial charge is 0.286 e. The number of nitrogens with zero attached hydrogens (tertiary/aromatic N) is 6. The van der Waals surface area contributed by atoms with Gasteiger partial charge in [-0.15, -0.1) is 23.1 Å². The Morgan fingerprint density at radius 2 is 2.26 bits per heavy atom. The van der Waals surface area contributed by atoms with Gasteiger partial charge in [0.05, 0.1) is 17.2 Å². The lowest BCUT2D eigenvalue weighted by Crippen LogP contribution is -2.71. The number of carboxylic acid groups (broad SMARTS) is 1. The number of nitrogens with one attached hydrogen (secondary N) is 1. The highest BCUT2D eigenvalue weighted by atomic mass is 32.2. The number of hydrogen-bond donors (Lipinski definition) is 2. The zero-order chi connectivity index (χ0) is 27.0. The van der Waals surface area contributed by atoms with E-state index in [9.17, 15) is 19.5 Å². The fraction of sp³-hybridized carbons (Fsp3) is 0.261. The number of thioether (sulfide) groups is 1. The molecule has 0 aromatic carbocycles. The highest BCUT2D eigenvalue weighted by Crippen LogP contribution is 2.40. The van der Waals surface area contributed by atoms with Crippen LogP contribution in [-0.2, 0) is 25.8 Å². The summed E-state index contributed by atoms with van der Waals surface area (Å²) in [6.45, 7) is 2.11. The number of aromatic nitrogens is 3. The van der Waals surface area contributed by atoms with Crippen LogP contribution >= 0.6 is 23.1 Å². The summed E-state index contributed by atoms with van der Waals surface area (Å²) in [5.41, 5.74) is 7.25. The Labute approximate surface area is 223 Å². The summed E-state index contributed by atoms with van der Waals surface area (Å²) in [5.74, 6) is -2.45. The molecular formula is C23H20N8O5S2. The van der Waals surface area contributed by atoms with E-state index in [1.807, 2.05) is 4.57 Å². The van der Waals surface area contributed by atoms with Gasteiger partial charge >= 0.3 is 0 Å². The maximum Gasteiger partial charge on any atom is 0.286 e. The second-order valence-electron chi connectivity index (χ2n) is 8.25. The molecule has 2 amide bonds. The summed E-state index contributed by atoms with van der Waals surface area (Å²) in [5, 5.41) is 28.9. The minimum atomic E-state index is -1.48. The highest BCUT2D eigenvalue weighted by Gasteiger charge is 2.53. The van der Waals surface area contributed by atoms with Crippen molar-refractivity contribution in [2.24, 2.45) is 5.16 Å². The number of carboxylic acids is 1. The number of thiazole rings is 1. The first kappa shape index (κ1) is 25.2. The van der Waals surface area contributed by atoms with E-state index >= 15 is 0 Å². The van der Waals surface area contributed by atoms with Crippen LogP contribution in [0.15, 0.2) is 52.5 Å². The number of carbonyl (C=O) groups excluding carboxylic acids is 3. The second kappa shape index (κ2) is 10.1. The predicted molar refractivity (Wildman–Crippen MR) is 134 cm³/mol. The molecular weight excluding hydrogens is 532 g/mol. The zero-order valence-electron chi connectivity index (χ0n) is 19.9. The van der Waals surface area contributed by atoms with Gasteiger partial charge in [-0.2, -0.15) is 5.26 Å². The summed E-state index contributed by atoms with van der Waals surface area (Å²) in [6.07, 6.45) is 5.19. The van der Waals surface area contributed by atoms with Gasteiger partial charge in [0.1, 0.15) is 54.9 Å². The predicted octanol–water partition coefficient (Wildman–Crippen LogP) is -1.02. The van der Waals surface area contributed by atoms with Crippen molar-refractivity contribution in [3.8, 4) is 6.07 Å². The standard InChI is InChI=1S/C23H20N8O5S2/c1-2-36-28-16(14-11-38-23(25)26-14)19(32)27-17-20(33)31-18(22(34)35)13(10-37-21(17)31)9-30-6-5-29-8-12(7-24)3-4-15(29)30/h3-6,8,11,17,21H,2,9-10H2,1H3,(H3-,25,26,27,32,34,35)/b28-16-/t17-,21+/m1/s1. The molecule has 3 aromatic heterocycles. The second-order valence-corrected chi connectivity index (χ2v) is 10.2. The largest absolute Gasteiger partial charge is 0.543 e. The van der Waals surface area contributed by atoms with Gasteiger partial charge in [0.2, 0.25) is 0 Å². The van der Waals surface area contributed by atoms with E-state index in [1.54, 1.807) is 47.4 Å². The van der Waals surface area contributed by atoms with E-state index in [2.05, 4.69) is 21.5 Å². The van der Waals surface area contributed by atoms with Crippen LogP contribution in [0.25, 0.3) is 5.65 Å². The van der Waals surface area contributed by atoms with Crippen LogP contribution < -0.4 is 20.7 Å². The molecule has 0 spiro atoms. The molecule has 0 saturated carbocycles. The van der Waals surface area contributed by atoms with Crippen molar-refractivity contribution in [3.05, 3.63) is 58.6 Å². The molecule has 3 N–H and O–H groups in total. The lowest BCUT2D eigenvalue weighted by molar-refractivity contribution is -0.662. The van der Waals surface area contributed by atoms with Crippen LogP contribution in [0.3, 0.4) is 0 Å². The quantitative estimate of drug-likeness (QED) is 0.153. The van der Waals surface area contributed by atoms with Gasteiger partial charge in [0, 0.05) is 22.8 Å². The Morgan fingerprint density at radius 1 is 1.45 bits per heavy atom. The first-order valence-electron chi connectivity index (χ1n) is 11.3. The van der Waals surface area contributed by atoms with Gasteiger partial charge in [0.15, 0.2) is 10.8 Å². The van der Waals surface area contributed by atoms with Crippen molar-refractivity contribution in [1.29, 1.82) is 5.26 Å². The van der Waals surface area contributed by atoms with Gasteiger partial charge in [-0.05, 0) is 13.0 Å². The topological polar surface area (TPSA) is 182 Å². The molecule has 5 heterocycles. The number of nitriles is 1. The molecule has 0 aliphatic carbocycles. The Kier molecular flexibility index (Phi) is 6.74. The Hall–Kier alpha value is -4.42. The van der Waals surface area contributed by atoms with E-state index < -0.39 is 29.2 Å². The number of aliphatic carboxylic acids is 1. The van der Waals surface area contributed by atoms with Gasteiger partial charge in [0.25, 0.3) is 17.5 Å². The van der Waals surface area contributed by atoms with Crippen molar-refractivity contribution in [2.75, 3.05) is 18.1 Å². The van der Waals surface area contributed by atoms with Gasteiger partial charge in [-0.25, -0.2) is 14.0 Å². The van der Waals surface area contributed by atoms with Gasteiger partial charge < -0.3 is 25.8 Å². The number of imidazole rings is 1. The summed E-state index contributed by atoms with van der Waals surface area (Å²) in [4.78, 5) is 48.5. The van der Waals surface area contributed by atoms with Crippen LogP contribution in [0, 0.1) is 11.3 Å². The molecule has 38 heavy (non-hydrogen) atoms. The van der Waals surface area contributed by atoms with Crippen LogP contribution in [0.1, 0.15) is 18.2 Å². The van der Waals surface area contributed by atoms with Crippen LogP contribution in [0.5, 0.6) is 0 Å². The maximum atomic E-state index is 13.1. The molecule has 2 aliphatic rings. The van der Waals surface area contributed by atoms with E-state index in [0.29, 0.717) is 16.9 Å². The number of pyridine rings is 1. The molecule has 1 fully saturated rings. The number of β-lactam (4-membered cyclic amide) rings is 1. The van der Waals surface area contributed by atoms with Crippen LogP contribution in [0.2, 0.25) is 0 Å². The van der Waals surface area contributed by atoms with E-state index in [-0.39, 0.29) is 35.4 Å². The summed E-state index contributed by atoms with van der Waals surface area (Å²) in [6, 6.07) is 4.53. The Bertz CT molecular complexity index is 1570. The van der Waals surface area contributed by atoms with E-state index in [1.165, 1.54) is 11.8 Å². The number of rotatable bonds is 8. The molecule has 0 radical (unpaired) electrons.